The van der Waals surface area contributed by atoms with Crippen molar-refractivity contribution in [3.63, 3.8) is 0 Å². The van der Waals surface area contributed by atoms with Gasteiger partial charge in [0, 0.05) is 18.1 Å². The number of furan rings is 1. The molecular formula is C21H18ClN3O3. The quantitative estimate of drug-likeness (QED) is 0.469. The summed E-state index contributed by atoms with van der Waals surface area (Å²) in [6, 6.07) is 12.8. The number of benzene rings is 1. The third kappa shape index (κ3) is 3.27. The molecule has 0 atom stereocenters. The van der Waals surface area contributed by atoms with Gasteiger partial charge in [-0.25, -0.2) is 4.98 Å². The smallest absolute Gasteiger partial charge is 0.259 e. The molecule has 142 valence electrons. The third-order valence-electron chi connectivity index (χ3n) is 4.61. The number of fused-ring (bicyclic) bond motifs is 1. The number of aromatic nitrogens is 2. The molecular weight excluding hydrogens is 378 g/mol. The van der Waals surface area contributed by atoms with Crippen molar-refractivity contribution in [2.45, 2.75) is 20.4 Å². The van der Waals surface area contributed by atoms with Crippen LogP contribution in [0.4, 0.5) is 0 Å². The third-order valence-corrected chi connectivity index (χ3v) is 4.98. The van der Waals surface area contributed by atoms with Crippen molar-refractivity contribution >= 4 is 28.6 Å². The molecule has 0 radical (unpaired) electrons. The number of hydrogen-bond donors (Lipinski definition) is 0. The summed E-state index contributed by atoms with van der Waals surface area (Å²) in [6.07, 6.45) is 1.56. The number of aryl methyl sites for hydroxylation is 1. The Morgan fingerprint density at radius 2 is 2.04 bits per heavy atom. The highest BCUT2D eigenvalue weighted by Crippen LogP contribution is 2.29. The number of hydrogen-bond acceptors (Lipinski definition) is 5. The van der Waals surface area contributed by atoms with E-state index in [1.165, 1.54) is 0 Å². The van der Waals surface area contributed by atoms with Crippen LogP contribution in [0.2, 0.25) is 5.02 Å². The second-order valence-corrected chi connectivity index (χ2v) is 6.80. The second kappa shape index (κ2) is 7.48. The first kappa shape index (κ1) is 18.3. The van der Waals surface area contributed by atoms with E-state index in [9.17, 15) is 4.79 Å². The molecule has 28 heavy (non-hydrogen) atoms. The molecule has 4 rings (SSSR count). The van der Waals surface area contributed by atoms with Gasteiger partial charge in [-0.05, 0) is 43.7 Å². The number of pyridine rings is 1. The molecule has 1 aromatic carbocycles. The molecule has 1 amide bonds. The molecule has 0 spiro atoms. The lowest BCUT2D eigenvalue weighted by Crippen LogP contribution is -2.30. The maximum absolute atomic E-state index is 13.4. The zero-order valence-electron chi connectivity index (χ0n) is 15.5. The average molecular weight is 396 g/mol. The first-order valence-corrected chi connectivity index (χ1v) is 9.30. The summed E-state index contributed by atoms with van der Waals surface area (Å²) in [5.74, 6) is 0.410. The normalized spacial score (nSPS) is 11.1. The fourth-order valence-electron chi connectivity index (χ4n) is 3.14. The number of nitrogens with zero attached hydrogens (tertiary/aromatic N) is 3. The van der Waals surface area contributed by atoms with Crippen molar-refractivity contribution in [3.05, 3.63) is 70.6 Å². The molecule has 4 aromatic rings. The zero-order chi connectivity index (χ0) is 19.7. The van der Waals surface area contributed by atoms with Crippen LogP contribution in [-0.4, -0.2) is 27.5 Å². The molecule has 0 bridgehead atoms. The lowest BCUT2D eigenvalue weighted by Gasteiger charge is -2.22. The number of amides is 1. The Bertz CT molecular complexity index is 1140. The minimum absolute atomic E-state index is 0.145. The van der Waals surface area contributed by atoms with Gasteiger partial charge in [-0.2, -0.15) is 0 Å². The van der Waals surface area contributed by atoms with Crippen LogP contribution in [0.3, 0.4) is 0 Å². The van der Waals surface area contributed by atoms with Gasteiger partial charge in [-0.3, -0.25) is 4.79 Å². The van der Waals surface area contributed by atoms with E-state index < -0.39 is 0 Å². The maximum atomic E-state index is 13.4. The molecule has 0 N–H and O–H groups in total. The van der Waals surface area contributed by atoms with Crippen molar-refractivity contribution < 1.29 is 13.7 Å². The Kier molecular flexibility index (Phi) is 4.88. The van der Waals surface area contributed by atoms with Gasteiger partial charge in [0.2, 0.25) is 0 Å². The fraction of sp³-hybridized carbons (Fsp3) is 0.190. The predicted molar refractivity (Wildman–Crippen MR) is 106 cm³/mol. The van der Waals surface area contributed by atoms with Crippen LogP contribution in [0.15, 0.2) is 57.7 Å². The molecule has 0 saturated carbocycles. The van der Waals surface area contributed by atoms with Crippen LogP contribution in [0, 0.1) is 6.92 Å². The molecule has 3 aromatic heterocycles. The highest BCUT2D eigenvalue weighted by Gasteiger charge is 2.24. The van der Waals surface area contributed by atoms with E-state index in [-0.39, 0.29) is 5.91 Å². The predicted octanol–water partition coefficient (Wildman–Crippen LogP) is 5.11. The number of carbonyl (C=O) groups excluding carboxylic acids is 1. The van der Waals surface area contributed by atoms with E-state index in [1.807, 2.05) is 31.2 Å². The standard InChI is InChI=1S/C21H18ClN3O3/c1-3-25(12-14-7-4-5-8-16(14)22)21(26)15-11-17(18-9-6-10-27-18)23-20-19(15)13(2)24-28-20/h4-11H,3,12H2,1-2H3. The molecule has 0 aliphatic rings. The number of rotatable bonds is 5. The van der Waals surface area contributed by atoms with Gasteiger partial charge < -0.3 is 13.8 Å². The molecule has 7 heteroatoms. The first-order chi connectivity index (χ1) is 13.6. The van der Waals surface area contributed by atoms with Crippen LogP contribution < -0.4 is 0 Å². The highest BCUT2D eigenvalue weighted by molar-refractivity contribution is 6.31. The second-order valence-electron chi connectivity index (χ2n) is 6.39. The molecule has 0 aliphatic heterocycles. The van der Waals surface area contributed by atoms with Crippen LogP contribution in [-0.2, 0) is 6.54 Å². The van der Waals surface area contributed by atoms with E-state index in [2.05, 4.69) is 10.1 Å². The van der Waals surface area contributed by atoms with Gasteiger partial charge in [0.05, 0.1) is 22.9 Å². The molecule has 3 heterocycles. The van der Waals surface area contributed by atoms with E-state index in [1.54, 1.807) is 36.3 Å². The Morgan fingerprint density at radius 3 is 2.75 bits per heavy atom. The first-order valence-electron chi connectivity index (χ1n) is 8.92. The van der Waals surface area contributed by atoms with E-state index in [4.69, 9.17) is 20.5 Å². The maximum Gasteiger partial charge on any atom is 0.259 e. The molecule has 0 saturated heterocycles. The summed E-state index contributed by atoms with van der Waals surface area (Å²) < 4.78 is 10.8. The summed E-state index contributed by atoms with van der Waals surface area (Å²) in [7, 11) is 0. The summed E-state index contributed by atoms with van der Waals surface area (Å²) in [6.45, 7) is 4.65. The van der Waals surface area contributed by atoms with E-state index in [0.717, 1.165) is 5.56 Å². The lowest BCUT2D eigenvalue weighted by molar-refractivity contribution is 0.0754. The van der Waals surface area contributed by atoms with Gasteiger partial charge in [0.15, 0.2) is 5.76 Å². The zero-order valence-corrected chi connectivity index (χ0v) is 16.2. The molecule has 0 fully saturated rings. The topological polar surface area (TPSA) is 72.4 Å². The Hall–Kier alpha value is -3.12. The minimum Gasteiger partial charge on any atom is -0.463 e. The van der Waals surface area contributed by atoms with E-state index in [0.29, 0.717) is 51.9 Å². The fourth-order valence-corrected chi connectivity index (χ4v) is 3.34. The summed E-state index contributed by atoms with van der Waals surface area (Å²) in [4.78, 5) is 19.6. The van der Waals surface area contributed by atoms with Crippen molar-refractivity contribution in [2.75, 3.05) is 6.54 Å². The summed E-state index contributed by atoms with van der Waals surface area (Å²) >= 11 is 6.29. The highest BCUT2D eigenvalue weighted by atomic mass is 35.5. The summed E-state index contributed by atoms with van der Waals surface area (Å²) in [5.41, 5.74) is 2.81. The van der Waals surface area contributed by atoms with Crippen LogP contribution in [0.25, 0.3) is 22.6 Å². The molecule has 0 aliphatic carbocycles. The van der Waals surface area contributed by atoms with Crippen molar-refractivity contribution in [1.82, 2.24) is 15.0 Å². The molecule has 0 unspecified atom stereocenters. The average Bonchev–Trinajstić information content (AvgIpc) is 3.37. The van der Waals surface area contributed by atoms with Crippen molar-refractivity contribution in [1.29, 1.82) is 0 Å². The SMILES string of the molecule is CCN(Cc1ccccc1Cl)C(=O)c1cc(-c2ccco2)nc2onc(C)c12. The van der Waals surface area contributed by atoms with Crippen LogP contribution in [0.1, 0.15) is 28.5 Å². The Labute approximate surface area is 166 Å². The lowest BCUT2D eigenvalue weighted by atomic mass is 10.1. The van der Waals surface area contributed by atoms with Crippen molar-refractivity contribution in [2.24, 2.45) is 0 Å². The van der Waals surface area contributed by atoms with Crippen LogP contribution >= 0.6 is 11.6 Å². The Morgan fingerprint density at radius 1 is 1.21 bits per heavy atom. The van der Waals surface area contributed by atoms with Gasteiger partial charge in [0.25, 0.3) is 11.6 Å². The summed E-state index contributed by atoms with van der Waals surface area (Å²) in [5, 5.41) is 5.22. The number of halogens is 1. The largest absolute Gasteiger partial charge is 0.463 e. The minimum atomic E-state index is -0.145. The van der Waals surface area contributed by atoms with Crippen molar-refractivity contribution in [3.8, 4) is 11.5 Å². The van der Waals surface area contributed by atoms with E-state index >= 15 is 0 Å². The van der Waals surface area contributed by atoms with Gasteiger partial charge in [-0.1, -0.05) is 35.0 Å². The van der Waals surface area contributed by atoms with Gasteiger partial charge in [0.1, 0.15) is 5.69 Å². The van der Waals surface area contributed by atoms with Crippen LogP contribution in [0.5, 0.6) is 0 Å². The molecule has 6 nitrogen and oxygen atoms in total. The van der Waals surface area contributed by atoms with Gasteiger partial charge >= 0.3 is 0 Å². The Balaban J connectivity index is 1.79. The number of carbonyl (C=O) groups is 1. The monoisotopic (exact) mass is 395 g/mol. The van der Waals surface area contributed by atoms with Gasteiger partial charge in [-0.15, -0.1) is 0 Å².